The molecule has 0 bridgehead atoms. The van der Waals surface area contributed by atoms with Crippen LogP contribution in [0.2, 0.25) is 0 Å². The summed E-state index contributed by atoms with van der Waals surface area (Å²) in [4.78, 5) is 0. The van der Waals surface area contributed by atoms with Crippen LogP contribution >= 0.6 is 0 Å². The van der Waals surface area contributed by atoms with Gasteiger partial charge in [-0.05, 0) is 47.8 Å². The smallest absolute Gasteiger partial charge is 0.0240 e. The van der Waals surface area contributed by atoms with Crippen molar-refractivity contribution in [2.45, 2.75) is 67.7 Å². The molecular formula is C16H32. The van der Waals surface area contributed by atoms with Gasteiger partial charge in [0.1, 0.15) is 0 Å². The first-order chi connectivity index (χ1) is 7.35. The maximum Gasteiger partial charge on any atom is -0.0240 e. The van der Waals surface area contributed by atoms with E-state index in [4.69, 9.17) is 0 Å². The van der Waals surface area contributed by atoms with Gasteiger partial charge in [-0.2, -0.15) is 0 Å². The van der Waals surface area contributed by atoms with Gasteiger partial charge in [-0.15, -0.1) is 0 Å². The van der Waals surface area contributed by atoms with E-state index in [1.807, 2.05) is 0 Å². The van der Waals surface area contributed by atoms with E-state index in [0.717, 1.165) is 29.6 Å². The predicted molar refractivity (Wildman–Crippen MR) is 73.5 cm³/mol. The van der Waals surface area contributed by atoms with Crippen molar-refractivity contribution in [1.82, 2.24) is 0 Å². The molecule has 0 aromatic rings. The fraction of sp³-hybridized carbons (Fsp3) is 1.00. The Morgan fingerprint density at radius 2 is 1.56 bits per heavy atom. The standard InChI is InChI=1S/C16H32/c1-8-9-14-15(10-13(6)11(2)3)16(14,7)12(4)5/h11-15H,8-10H2,1-7H3. The number of hydrogen-bond donors (Lipinski definition) is 0. The van der Waals surface area contributed by atoms with E-state index in [9.17, 15) is 0 Å². The Balaban J connectivity index is 2.59. The lowest BCUT2D eigenvalue weighted by Gasteiger charge is -2.20. The average molecular weight is 224 g/mol. The molecule has 0 aromatic carbocycles. The molecule has 1 rings (SSSR count). The van der Waals surface area contributed by atoms with Crippen molar-refractivity contribution in [3.05, 3.63) is 0 Å². The highest BCUT2D eigenvalue weighted by atomic mass is 14.7. The summed E-state index contributed by atoms with van der Waals surface area (Å²) in [6.45, 7) is 16.9. The molecule has 1 saturated carbocycles. The molecule has 1 fully saturated rings. The van der Waals surface area contributed by atoms with Gasteiger partial charge in [-0.1, -0.05) is 54.9 Å². The molecule has 0 amide bonds. The summed E-state index contributed by atoms with van der Waals surface area (Å²) in [5, 5.41) is 0. The molecule has 0 N–H and O–H groups in total. The van der Waals surface area contributed by atoms with Crippen LogP contribution in [-0.4, -0.2) is 0 Å². The molecular weight excluding hydrogens is 192 g/mol. The Morgan fingerprint density at radius 1 is 1.00 bits per heavy atom. The summed E-state index contributed by atoms with van der Waals surface area (Å²) < 4.78 is 0. The van der Waals surface area contributed by atoms with Crippen molar-refractivity contribution in [3.8, 4) is 0 Å². The molecule has 0 heteroatoms. The first-order valence-electron chi connectivity index (χ1n) is 7.35. The van der Waals surface area contributed by atoms with E-state index >= 15 is 0 Å². The normalized spacial score (nSPS) is 35.8. The SMILES string of the molecule is CCCC1C(CC(C)C(C)C)C1(C)C(C)C. The third kappa shape index (κ3) is 2.46. The summed E-state index contributed by atoms with van der Waals surface area (Å²) in [6, 6.07) is 0. The molecule has 0 heterocycles. The second kappa shape index (κ2) is 5.10. The third-order valence-electron chi connectivity index (χ3n) is 5.58. The van der Waals surface area contributed by atoms with E-state index in [1.165, 1.54) is 19.3 Å². The molecule has 0 aliphatic heterocycles. The van der Waals surface area contributed by atoms with Gasteiger partial charge in [0.25, 0.3) is 0 Å². The van der Waals surface area contributed by atoms with Crippen molar-refractivity contribution in [3.63, 3.8) is 0 Å². The summed E-state index contributed by atoms with van der Waals surface area (Å²) in [5.74, 6) is 4.61. The monoisotopic (exact) mass is 224 g/mol. The summed E-state index contributed by atoms with van der Waals surface area (Å²) in [6.07, 6.45) is 4.26. The zero-order valence-corrected chi connectivity index (χ0v) is 12.5. The van der Waals surface area contributed by atoms with Crippen LogP contribution in [0.25, 0.3) is 0 Å². The summed E-state index contributed by atoms with van der Waals surface area (Å²) >= 11 is 0. The number of hydrogen-bond acceptors (Lipinski definition) is 0. The first kappa shape index (κ1) is 14.1. The van der Waals surface area contributed by atoms with Crippen molar-refractivity contribution >= 4 is 0 Å². The van der Waals surface area contributed by atoms with Crippen LogP contribution in [0.4, 0.5) is 0 Å². The molecule has 4 atom stereocenters. The van der Waals surface area contributed by atoms with Gasteiger partial charge in [0, 0.05) is 0 Å². The van der Waals surface area contributed by atoms with Crippen LogP contribution in [0, 0.1) is 35.0 Å². The maximum atomic E-state index is 2.54. The Labute approximate surface area is 103 Å². The largest absolute Gasteiger partial charge is 0.0654 e. The van der Waals surface area contributed by atoms with Crippen LogP contribution in [0.3, 0.4) is 0 Å². The predicted octanol–water partition coefficient (Wildman–Crippen LogP) is 5.38. The molecule has 1 aliphatic rings. The fourth-order valence-electron chi connectivity index (χ4n) is 3.49. The lowest BCUT2D eigenvalue weighted by Crippen LogP contribution is -2.12. The van der Waals surface area contributed by atoms with Gasteiger partial charge in [0.2, 0.25) is 0 Å². The quantitative estimate of drug-likeness (QED) is 0.568. The Kier molecular flexibility index (Phi) is 4.49. The molecule has 16 heavy (non-hydrogen) atoms. The minimum atomic E-state index is 0.652. The van der Waals surface area contributed by atoms with Gasteiger partial charge >= 0.3 is 0 Å². The molecule has 4 unspecified atom stereocenters. The fourth-order valence-corrected chi connectivity index (χ4v) is 3.49. The summed E-state index contributed by atoms with van der Waals surface area (Å²) in [7, 11) is 0. The number of rotatable bonds is 6. The van der Waals surface area contributed by atoms with E-state index < -0.39 is 0 Å². The highest BCUT2D eigenvalue weighted by Crippen LogP contribution is 2.67. The van der Waals surface area contributed by atoms with Gasteiger partial charge < -0.3 is 0 Å². The molecule has 0 nitrogen and oxygen atoms in total. The summed E-state index contributed by atoms with van der Waals surface area (Å²) in [5.41, 5.74) is 0.652. The van der Waals surface area contributed by atoms with Crippen LogP contribution in [0.1, 0.15) is 67.7 Å². The van der Waals surface area contributed by atoms with Gasteiger partial charge in [0.15, 0.2) is 0 Å². The van der Waals surface area contributed by atoms with Gasteiger partial charge in [0.05, 0.1) is 0 Å². The Hall–Kier alpha value is 0. The van der Waals surface area contributed by atoms with E-state index in [-0.39, 0.29) is 0 Å². The van der Waals surface area contributed by atoms with Crippen molar-refractivity contribution < 1.29 is 0 Å². The third-order valence-corrected chi connectivity index (χ3v) is 5.58. The van der Waals surface area contributed by atoms with E-state index in [1.54, 1.807) is 0 Å². The van der Waals surface area contributed by atoms with Crippen LogP contribution in [-0.2, 0) is 0 Å². The average Bonchev–Trinajstić information content (AvgIpc) is 2.74. The lowest BCUT2D eigenvalue weighted by atomic mass is 9.85. The van der Waals surface area contributed by atoms with Crippen LogP contribution in [0.5, 0.6) is 0 Å². The molecule has 96 valence electrons. The zero-order valence-electron chi connectivity index (χ0n) is 12.5. The van der Waals surface area contributed by atoms with Crippen molar-refractivity contribution in [1.29, 1.82) is 0 Å². The zero-order chi connectivity index (χ0) is 12.5. The molecule has 0 aromatic heterocycles. The van der Waals surface area contributed by atoms with E-state index in [0.29, 0.717) is 5.41 Å². The Morgan fingerprint density at radius 3 is 1.94 bits per heavy atom. The maximum absolute atomic E-state index is 2.54. The first-order valence-corrected chi connectivity index (χ1v) is 7.35. The molecule has 0 spiro atoms. The molecule has 0 saturated heterocycles. The minimum absolute atomic E-state index is 0.652. The highest BCUT2D eigenvalue weighted by Gasteiger charge is 2.61. The van der Waals surface area contributed by atoms with Crippen LogP contribution < -0.4 is 0 Å². The minimum Gasteiger partial charge on any atom is -0.0654 e. The van der Waals surface area contributed by atoms with Crippen molar-refractivity contribution in [2.24, 2.45) is 35.0 Å². The second-order valence-electron chi connectivity index (χ2n) is 6.98. The molecule has 0 radical (unpaired) electrons. The van der Waals surface area contributed by atoms with Crippen LogP contribution in [0.15, 0.2) is 0 Å². The Bertz CT molecular complexity index is 216. The molecule has 1 aliphatic carbocycles. The van der Waals surface area contributed by atoms with E-state index in [2.05, 4.69) is 48.5 Å². The highest BCUT2D eigenvalue weighted by molar-refractivity contribution is 5.09. The van der Waals surface area contributed by atoms with Gasteiger partial charge in [-0.25, -0.2) is 0 Å². The topological polar surface area (TPSA) is 0 Å². The lowest BCUT2D eigenvalue weighted by molar-refractivity contribution is 0.296. The second-order valence-corrected chi connectivity index (χ2v) is 6.98. The van der Waals surface area contributed by atoms with Crippen molar-refractivity contribution in [2.75, 3.05) is 0 Å². The van der Waals surface area contributed by atoms with Gasteiger partial charge in [-0.3, -0.25) is 0 Å².